The first kappa shape index (κ1) is 12.1. The molecule has 0 saturated carbocycles. The van der Waals surface area contributed by atoms with Gasteiger partial charge in [-0.05, 0) is 43.7 Å². The van der Waals surface area contributed by atoms with Crippen LogP contribution in [0.4, 0.5) is 0 Å². The van der Waals surface area contributed by atoms with E-state index in [1.165, 1.54) is 5.57 Å². The molecule has 0 amide bonds. The van der Waals surface area contributed by atoms with Crippen LogP contribution in [-0.4, -0.2) is 34.4 Å². The number of fused-ring (bicyclic) bond motifs is 1. The van der Waals surface area contributed by atoms with Gasteiger partial charge in [0.25, 0.3) is 5.56 Å². The molecule has 0 saturated heterocycles. The number of pyridine rings is 1. The van der Waals surface area contributed by atoms with Crippen LogP contribution in [0.25, 0.3) is 11.2 Å². The predicted molar refractivity (Wildman–Crippen MR) is 76.3 cm³/mol. The van der Waals surface area contributed by atoms with Gasteiger partial charge in [0, 0.05) is 31.0 Å². The molecule has 3 heterocycles. The summed E-state index contributed by atoms with van der Waals surface area (Å²) >= 11 is 0. The lowest BCUT2D eigenvalue weighted by atomic mass is 10.0. The molecule has 1 aliphatic heterocycles. The number of rotatable bonds is 1. The molecule has 1 aliphatic rings. The molecule has 2 aromatic heterocycles. The third-order valence-corrected chi connectivity index (χ3v) is 3.57. The standard InChI is InChI=1S/C15H17N3O/c1-11-9-15(19)18-10-13(3-4-14(18)16-11)12-5-7-17(2)8-6-12/h3-5,9-10H,6-8H2,1-2H3. The van der Waals surface area contributed by atoms with Crippen LogP contribution in [0.2, 0.25) is 0 Å². The molecule has 0 unspecified atom stereocenters. The van der Waals surface area contributed by atoms with Crippen molar-refractivity contribution in [1.29, 1.82) is 0 Å². The molecule has 0 atom stereocenters. The topological polar surface area (TPSA) is 37.6 Å². The minimum absolute atomic E-state index is 0.0159. The summed E-state index contributed by atoms with van der Waals surface area (Å²) in [6, 6.07) is 5.54. The SMILES string of the molecule is Cc1cc(=O)n2cc(C3=CCN(C)CC3)ccc2n1. The van der Waals surface area contributed by atoms with E-state index in [9.17, 15) is 4.79 Å². The van der Waals surface area contributed by atoms with Gasteiger partial charge in [-0.3, -0.25) is 9.20 Å². The van der Waals surface area contributed by atoms with Crippen molar-refractivity contribution in [3.05, 3.63) is 52.1 Å². The Morgan fingerprint density at radius 2 is 2.16 bits per heavy atom. The van der Waals surface area contributed by atoms with Gasteiger partial charge in [-0.25, -0.2) is 4.98 Å². The van der Waals surface area contributed by atoms with E-state index in [1.54, 1.807) is 10.5 Å². The summed E-state index contributed by atoms with van der Waals surface area (Å²) in [6.45, 7) is 3.87. The van der Waals surface area contributed by atoms with Crippen molar-refractivity contribution in [2.45, 2.75) is 13.3 Å². The van der Waals surface area contributed by atoms with Gasteiger partial charge in [0.1, 0.15) is 5.65 Å². The average Bonchev–Trinajstić information content (AvgIpc) is 2.39. The Morgan fingerprint density at radius 3 is 2.89 bits per heavy atom. The summed E-state index contributed by atoms with van der Waals surface area (Å²) in [5.74, 6) is 0. The fraction of sp³-hybridized carbons (Fsp3) is 0.333. The number of aryl methyl sites for hydroxylation is 1. The molecule has 0 N–H and O–H groups in total. The number of aromatic nitrogens is 2. The van der Waals surface area contributed by atoms with Gasteiger partial charge in [0.2, 0.25) is 0 Å². The van der Waals surface area contributed by atoms with Gasteiger partial charge in [0.05, 0.1) is 0 Å². The molecule has 19 heavy (non-hydrogen) atoms. The lowest BCUT2D eigenvalue weighted by Crippen LogP contribution is -2.24. The maximum absolute atomic E-state index is 12.0. The molecule has 0 fully saturated rings. The van der Waals surface area contributed by atoms with Crippen molar-refractivity contribution < 1.29 is 0 Å². The number of likely N-dealkylation sites (N-methyl/N-ethyl adjacent to an activating group) is 1. The van der Waals surface area contributed by atoms with Crippen LogP contribution in [0.15, 0.2) is 35.3 Å². The summed E-state index contributed by atoms with van der Waals surface area (Å²) in [5, 5.41) is 0. The first-order chi connectivity index (χ1) is 9.13. The van der Waals surface area contributed by atoms with E-state index in [0.29, 0.717) is 5.65 Å². The second kappa shape index (κ2) is 4.63. The van der Waals surface area contributed by atoms with Crippen molar-refractivity contribution in [3.63, 3.8) is 0 Å². The van der Waals surface area contributed by atoms with Crippen molar-refractivity contribution >= 4 is 11.2 Å². The summed E-state index contributed by atoms with van der Waals surface area (Å²) in [5.41, 5.74) is 3.89. The largest absolute Gasteiger partial charge is 0.302 e. The van der Waals surface area contributed by atoms with Crippen LogP contribution in [0.1, 0.15) is 17.7 Å². The van der Waals surface area contributed by atoms with Crippen LogP contribution in [0, 0.1) is 6.92 Å². The highest BCUT2D eigenvalue weighted by Crippen LogP contribution is 2.21. The van der Waals surface area contributed by atoms with Gasteiger partial charge in [-0.1, -0.05) is 6.08 Å². The third kappa shape index (κ3) is 2.31. The number of nitrogens with zero attached hydrogens (tertiary/aromatic N) is 3. The highest BCUT2D eigenvalue weighted by molar-refractivity contribution is 5.67. The van der Waals surface area contributed by atoms with Crippen LogP contribution >= 0.6 is 0 Å². The highest BCUT2D eigenvalue weighted by Gasteiger charge is 2.10. The van der Waals surface area contributed by atoms with Crippen LogP contribution < -0.4 is 5.56 Å². The average molecular weight is 255 g/mol. The molecule has 98 valence electrons. The van der Waals surface area contributed by atoms with Gasteiger partial charge in [-0.2, -0.15) is 0 Å². The predicted octanol–water partition coefficient (Wildman–Crippen LogP) is 1.72. The van der Waals surface area contributed by atoms with Crippen LogP contribution in [0.5, 0.6) is 0 Å². The summed E-state index contributed by atoms with van der Waals surface area (Å²) in [7, 11) is 2.12. The van der Waals surface area contributed by atoms with E-state index < -0.39 is 0 Å². The Labute approximate surface area is 112 Å². The minimum Gasteiger partial charge on any atom is -0.302 e. The van der Waals surface area contributed by atoms with E-state index in [1.807, 2.05) is 19.2 Å². The molecule has 3 rings (SSSR count). The molecule has 4 heteroatoms. The Morgan fingerprint density at radius 1 is 1.32 bits per heavy atom. The quantitative estimate of drug-likeness (QED) is 0.778. The lowest BCUT2D eigenvalue weighted by molar-refractivity contribution is 0.370. The second-order valence-electron chi connectivity index (χ2n) is 5.12. The van der Waals surface area contributed by atoms with Crippen LogP contribution in [-0.2, 0) is 0 Å². The summed E-state index contributed by atoms with van der Waals surface area (Å²) in [4.78, 5) is 18.6. The van der Waals surface area contributed by atoms with Crippen molar-refractivity contribution in [2.24, 2.45) is 0 Å². The smallest absolute Gasteiger partial charge is 0.258 e. The van der Waals surface area contributed by atoms with E-state index in [0.717, 1.165) is 30.8 Å². The Bertz CT molecular complexity index is 715. The lowest BCUT2D eigenvalue weighted by Gasteiger charge is -2.22. The fourth-order valence-corrected chi connectivity index (χ4v) is 2.44. The van der Waals surface area contributed by atoms with Gasteiger partial charge < -0.3 is 4.90 Å². The monoisotopic (exact) mass is 255 g/mol. The van der Waals surface area contributed by atoms with Crippen molar-refractivity contribution in [2.75, 3.05) is 20.1 Å². The Kier molecular flexibility index (Phi) is 2.95. The first-order valence-corrected chi connectivity index (χ1v) is 6.51. The first-order valence-electron chi connectivity index (χ1n) is 6.51. The number of hydrogen-bond donors (Lipinski definition) is 0. The molecular weight excluding hydrogens is 238 g/mol. The molecular formula is C15H17N3O. The zero-order valence-corrected chi connectivity index (χ0v) is 11.3. The molecule has 2 aromatic rings. The number of hydrogen-bond acceptors (Lipinski definition) is 3. The van der Waals surface area contributed by atoms with E-state index in [2.05, 4.69) is 29.1 Å². The third-order valence-electron chi connectivity index (χ3n) is 3.57. The van der Waals surface area contributed by atoms with Crippen molar-refractivity contribution in [3.8, 4) is 0 Å². The zero-order valence-electron chi connectivity index (χ0n) is 11.3. The van der Waals surface area contributed by atoms with Gasteiger partial charge in [0.15, 0.2) is 0 Å². The molecule has 0 aliphatic carbocycles. The molecule has 0 spiro atoms. The van der Waals surface area contributed by atoms with E-state index in [4.69, 9.17) is 0 Å². The molecule has 0 aromatic carbocycles. The zero-order chi connectivity index (χ0) is 13.4. The maximum atomic E-state index is 12.0. The molecule has 0 radical (unpaired) electrons. The Balaban J connectivity index is 2.10. The summed E-state index contributed by atoms with van der Waals surface area (Å²) in [6.07, 6.45) is 5.16. The van der Waals surface area contributed by atoms with Gasteiger partial charge >= 0.3 is 0 Å². The second-order valence-corrected chi connectivity index (χ2v) is 5.12. The Hall–Kier alpha value is -1.94. The normalized spacial score (nSPS) is 16.6. The summed E-state index contributed by atoms with van der Waals surface area (Å²) < 4.78 is 1.63. The van der Waals surface area contributed by atoms with E-state index >= 15 is 0 Å². The molecule has 4 nitrogen and oxygen atoms in total. The fourth-order valence-electron chi connectivity index (χ4n) is 2.44. The van der Waals surface area contributed by atoms with Gasteiger partial charge in [-0.15, -0.1) is 0 Å². The van der Waals surface area contributed by atoms with Crippen LogP contribution in [0.3, 0.4) is 0 Å². The highest BCUT2D eigenvalue weighted by atomic mass is 16.1. The maximum Gasteiger partial charge on any atom is 0.258 e. The molecule has 0 bridgehead atoms. The van der Waals surface area contributed by atoms with E-state index in [-0.39, 0.29) is 5.56 Å². The van der Waals surface area contributed by atoms with Crippen molar-refractivity contribution in [1.82, 2.24) is 14.3 Å². The minimum atomic E-state index is -0.0159.